The van der Waals surface area contributed by atoms with Gasteiger partial charge in [-0.1, -0.05) is 0 Å². The van der Waals surface area contributed by atoms with Gasteiger partial charge in [0.25, 0.3) is 5.91 Å². The van der Waals surface area contributed by atoms with E-state index in [-0.39, 0.29) is 5.56 Å². The van der Waals surface area contributed by atoms with E-state index in [0.717, 1.165) is 25.1 Å². The molecule has 0 aliphatic carbocycles. The lowest BCUT2D eigenvalue weighted by atomic mass is 10.1. The quantitative estimate of drug-likeness (QED) is 0.786. The molecule has 0 aliphatic heterocycles. The summed E-state index contributed by atoms with van der Waals surface area (Å²) in [5.41, 5.74) is 4.58. The smallest absolute Gasteiger partial charge is 0.374 e. The Labute approximate surface area is 115 Å². The van der Waals surface area contributed by atoms with Gasteiger partial charge in [-0.15, -0.1) is 0 Å². The number of carbonyl (C=O) groups excluding carboxylic acids is 1. The molecule has 0 aromatic heterocycles. The number of benzene rings is 1. The Morgan fingerprint density at radius 1 is 1.40 bits per heavy atom. The van der Waals surface area contributed by atoms with E-state index in [0.29, 0.717) is 12.2 Å². The van der Waals surface area contributed by atoms with Crippen LogP contribution in [-0.4, -0.2) is 33.1 Å². The van der Waals surface area contributed by atoms with Crippen molar-refractivity contribution in [1.82, 2.24) is 5.32 Å². The molecule has 0 unspecified atom stereocenters. The van der Waals surface area contributed by atoms with Crippen molar-refractivity contribution in [2.75, 3.05) is 32.1 Å². The fourth-order valence-corrected chi connectivity index (χ4v) is 1.86. The fraction of sp³-hybridized carbons (Fsp3) is 0.462. The van der Waals surface area contributed by atoms with Gasteiger partial charge < -0.3 is 16.0 Å². The second-order valence-corrected chi connectivity index (χ2v) is 4.47. The van der Waals surface area contributed by atoms with Crippen LogP contribution in [0.3, 0.4) is 0 Å². The van der Waals surface area contributed by atoms with Crippen molar-refractivity contribution in [2.24, 2.45) is 5.73 Å². The zero-order chi connectivity index (χ0) is 15.3. The Morgan fingerprint density at radius 3 is 2.55 bits per heavy atom. The van der Waals surface area contributed by atoms with Gasteiger partial charge in [-0.25, -0.2) is 0 Å². The summed E-state index contributed by atoms with van der Waals surface area (Å²) in [5, 5.41) is 2.97. The average Bonchev–Trinajstić information content (AvgIpc) is 2.37. The molecule has 0 saturated carbocycles. The van der Waals surface area contributed by atoms with E-state index in [1.54, 1.807) is 11.9 Å². The molecule has 0 atom stereocenters. The highest BCUT2D eigenvalue weighted by atomic mass is 19.4. The normalized spacial score (nSPS) is 11.4. The first-order valence-corrected chi connectivity index (χ1v) is 6.14. The minimum atomic E-state index is -4.49. The number of carbonyl (C=O) groups is 1. The summed E-state index contributed by atoms with van der Waals surface area (Å²) < 4.78 is 37.9. The number of halogens is 3. The van der Waals surface area contributed by atoms with Gasteiger partial charge >= 0.3 is 6.18 Å². The van der Waals surface area contributed by atoms with E-state index >= 15 is 0 Å². The first kappa shape index (κ1) is 16.3. The summed E-state index contributed by atoms with van der Waals surface area (Å²) in [6.45, 7) is 1.38. The molecule has 1 aromatic carbocycles. The molecule has 112 valence electrons. The van der Waals surface area contributed by atoms with E-state index in [9.17, 15) is 18.0 Å². The van der Waals surface area contributed by atoms with Crippen LogP contribution in [0.25, 0.3) is 0 Å². The van der Waals surface area contributed by atoms with E-state index in [2.05, 4.69) is 5.32 Å². The molecule has 7 heteroatoms. The molecule has 0 spiro atoms. The zero-order valence-corrected chi connectivity index (χ0v) is 11.4. The summed E-state index contributed by atoms with van der Waals surface area (Å²) in [5.74, 6) is -0.869. The number of alkyl halides is 3. The van der Waals surface area contributed by atoms with Crippen molar-refractivity contribution in [3.05, 3.63) is 29.3 Å². The van der Waals surface area contributed by atoms with Gasteiger partial charge in [0, 0.05) is 19.3 Å². The molecule has 0 fully saturated rings. The average molecular weight is 289 g/mol. The molecule has 1 amide bonds. The number of nitrogens with one attached hydrogen (secondary N) is 1. The molecule has 0 saturated heterocycles. The van der Waals surface area contributed by atoms with Crippen molar-refractivity contribution in [3.8, 4) is 0 Å². The number of nitrogens with zero attached hydrogens (tertiary/aromatic N) is 1. The second kappa shape index (κ2) is 6.60. The zero-order valence-electron chi connectivity index (χ0n) is 11.4. The van der Waals surface area contributed by atoms with Crippen molar-refractivity contribution in [1.29, 1.82) is 0 Å². The standard InChI is InChI=1S/C13H18F3N3O/c1-18-6-3-7-19(2)11-5-4-9(13(14,15)16)8-10(11)12(17)20/h4-5,8,18H,3,6-7H2,1-2H3,(H2,17,20). The van der Waals surface area contributed by atoms with Crippen LogP contribution in [0.1, 0.15) is 22.3 Å². The van der Waals surface area contributed by atoms with Gasteiger partial charge in [0.2, 0.25) is 0 Å². The third-order valence-electron chi connectivity index (χ3n) is 2.92. The molecular formula is C13H18F3N3O. The Kier molecular flexibility index (Phi) is 5.38. The SMILES string of the molecule is CNCCCN(C)c1ccc(C(F)(F)F)cc1C(N)=O. The lowest BCUT2D eigenvalue weighted by molar-refractivity contribution is -0.137. The second-order valence-electron chi connectivity index (χ2n) is 4.47. The molecule has 1 aromatic rings. The van der Waals surface area contributed by atoms with Crippen molar-refractivity contribution in [2.45, 2.75) is 12.6 Å². The first-order chi connectivity index (χ1) is 9.27. The van der Waals surface area contributed by atoms with Crippen molar-refractivity contribution in [3.63, 3.8) is 0 Å². The van der Waals surface area contributed by atoms with Gasteiger partial charge in [0.1, 0.15) is 0 Å². The Hall–Kier alpha value is -1.76. The van der Waals surface area contributed by atoms with Crippen LogP contribution in [0.4, 0.5) is 18.9 Å². The molecule has 0 heterocycles. The Balaban J connectivity index is 3.04. The maximum atomic E-state index is 12.6. The predicted octanol–water partition coefficient (Wildman–Crippen LogP) is 1.85. The number of anilines is 1. The number of hydrogen-bond acceptors (Lipinski definition) is 3. The molecule has 1 rings (SSSR count). The summed E-state index contributed by atoms with van der Waals surface area (Å²) in [6, 6.07) is 3.03. The summed E-state index contributed by atoms with van der Waals surface area (Å²) in [7, 11) is 3.53. The minimum Gasteiger partial charge on any atom is -0.374 e. The highest BCUT2D eigenvalue weighted by Gasteiger charge is 2.31. The van der Waals surface area contributed by atoms with Crippen LogP contribution in [-0.2, 0) is 6.18 Å². The molecule has 0 bridgehead atoms. The van der Waals surface area contributed by atoms with Gasteiger partial charge in [0.15, 0.2) is 0 Å². The van der Waals surface area contributed by atoms with Crippen LogP contribution < -0.4 is 16.0 Å². The van der Waals surface area contributed by atoms with Crippen LogP contribution in [0.15, 0.2) is 18.2 Å². The lowest BCUT2D eigenvalue weighted by Gasteiger charge is -2.22. The first-order valence-electron chi connectivity index (χ1n) is 6.14. The maximum absolute atomic E-state index is 12.6. The third kappa shape index (κ3) is 4.12. The Morgan fingerprint density at radius 2 is 2.05 bits per heavy atom. The summed E-state index contributed by atoms with van der Waals surface area (Å²) in [6.07, 6.45) is -3.69. The van der Waals surface area contributed by atoms with E-state index in [4.69, 9.17) is 5.73 Å². The van der Waals surface area contributed by atoms with E-state index < -0.39 is 17.6 Å². The van der Waals surface area contributed by atoms with Crippen molar-refractivity contribution < 1.29 is 18.0 Å². The fourth-order valence-electron chi connectivity index (χ4n) is 1.86. The monoisotopic (exact) mass is 289 g/mol. The van der Waals surface area contributed by atoms with Crippen LogP contribution in [0, 0.1) is 0 Å². The molecule has 3 N–H and O–H groups in total. The molecule has 20 heavy (non-hydrogen) atoms. The number of amides is 1. The summed E-state index contributed by atoms with van der Waals surface area (Å²) >= 11 is 0. The van der Waals surface area contributed by atoms with Gasteiger partial charge in [-0.3, -0.25) is 4.79 Å². The predicted molar refractivity (Wildman–Crippen MR) is 71.8 cm³/mol. The molecule has 0 aliphatic rings. The van der Waals surface area contributed by atoms with Gasteiger partial charge in [-0.2, -0.15) is 13.2 Å². The summed E-state index contributed by atoms with van der Waals surface area (Å²) in [4.78, 5) is 13.1. The highest BCUT2D eigenvalue weighted by molar-refractivity contribution is 5.98. The molecule has 0 radical (unpaired) electrons. The molecule has 4 nitrogen and oxygen atoms in total. The van der Waals surface area contributed by atoms with Crippen LogP contribution in [0.2, 0.25) is 0 Å². The van der Waals surface area contributed by atoms with Crippen LogP contribution >= 0.6 is 0 Å². The van der Waals surface area contributed by atoms with E-state index in [1.165, 1.54) is 6.07 Å². The maximum Gasteiger partial charge on any atom is 0.416 e. The largest absolute Gasteiger partial charge is 0.416 e. The molecular weight excluding hydrogens is 271 g/mol. The number of primary amides is 1. The topological polar surface area (TPSA) is 58.4 Å². The lowest BCUT2D eigenvalue weighted by Crippen LogP contribution is -2.26. The highest BCUT2D eigenvalue weighted by Crippen LogP contribution is 2.32. The van der Waals surface area contributed by atoms with Crippen molar-refractivity contribution >= 4 is 11.6 Å². The number of rotatable bonds is 6. The van der Waals surface area contributed by atoms with Gasteiger partial charge in [-0.05, 0) is 38.2 Å². The third-order valence-corrected chi connectivity index (χ3v) is 2.92. The van der Waals surface area contributed by atoms with Gasteiger partial charge in [0.05, 0.1) is 11.1 Å². The minimum absolute atomic E-state index is 0.119. The number of hydrogen-bond donors (Lipinski definition) is 2. The van der Waals surface area contributed by atoms with Crippen LogP contribution in [0.5, 0.6) is 0 Å². The van der Waals surface area contributed by atoms with E-state index in [1.807, 2.05) is 7.05 Å². The Bertz CT molecular complexity index is 474. The number of nitrogens with two attached hydrogens (primary N) is 1.